The number of aromatic amines is 1. The molecule has 0 bridgehead atoms. The molecule has 2 fully saturated rings. The molecule has 1 N–H and O–H groups in total. The maximum absolute atomic E-state index is 12.5. The zero-order valence-corrected chi connectivity index (χ0v) is 17.5. The Morgan fingerprint density at radius 3 is 2.50 bits per heavy atom. The zero-order chi connectivity index (χ0) is 19.5. The summed E-state index contributed by atoms with van der Waals surface area (Å²) < 4.78 is 2.42. The Labute approximate surface area is 175 Å². The third-order valence-corrected chi connectivity index (χ3v) is 6.36. The van der Waals surface area contributed by atoms with Crippen LogP contribution in [-0.2, 0) is 11.5 Å². The molecule has 1 saturated carbocycles. The minimum atomic E-state index is 0.328. The summed E-state index contributed by atoms with van der Waals surface area (Å²) in [5.74, 6) is 1.68. The lowest BCUT2D eigenvalue weighted by Crippen LogP contribution is -2.49. The fourth-order valence-corrected chi connectivity index (χ4v) is 4.44. The number of H-pyrrole nitrogens is 1. The van der Waals surface area contributed by atoms with E-state index in [0.717, 1.165) is 44.0 Å². The summed E-state index contributed by atoms with van der Waals surface area (Å²) in [6.07, 6.45) is 5.75. The van der Waals surface area contributed by atoms with E-state index in [2.05, 4.69) is 15.0 Å². The number of aromatic nitrogens is 3. The van der Waals surface area contributed by atoms with Gasteiger partial charge in [-0.3, -0.25) is 14.8 Å². The van der Waals surface area contributed by atoms with Gasteiger partial charge in [0.1, 0.15) is 0 Å². The van der Waals surface area contributed by atoms with Crippen molar-refractivity contribution in [2.24, 2.45) is 5.92 Å². The first-order valence-corrected chi connectivity index (χ1v) is 10.8. The highest BCUT2D eigenvalue weighted by Crippen LogP contribution is 2.28. The van der Waals surface area contributed by atoms with Crippen molar-refractivity contribution in [2.75, 3.05) is 26.2 Å². The number of nitrogens with zero attached hydrogens (tertiary/aromatic N) is 4. The van der Waals surface area contributed by atoms with Gasteiger partial charge in [-0.25, -0.2) is 4.68 Å². The molecule has 1 aromatic heterocycles. The summed E-state index contributed by atoms with van der Waals surface area (Å²) in [5.41, 5.74) is 0.955. The predicted molar refractivity (Wildman–Crippen MR) is 113 cm³/mol. The fourth-order valence-electron chi connectivity index (χ4n) is 4.12. The number of carbonyl (C=O) groups is 1. The first kappa shape index (κ1) is 19.6. The van der Waals surface area contributed by atoms with Gasteiger partial charge in [0.2, 0.25) is 10.7 Å². The molecule has 4 rings (SSSR count). The lowest BCUT2D eigenvalue weighted by atomic mass is 10.0. The maximum Gasteiger partial charge on any atom is 0.222 e. The molecular formula is C20H26ClN5OS. The predicted octanol–water partition coefficient (Wildman–Crippen LogP) is 3.94. The lowest BCUT2D eigenvalue weighted by Gasteiger charge is -2.35. The molecule has 150 valence electrons. The van der Waals surface area contributed by atoms with Crippen LogP contribution in [0.5, 0.6) is 0 Å². The average molecular weight is 420 g/mol. The molecule has 1 aromatic carbocycles. The second kappa shape index (κ2) is 8.76. The van der Waals surface area contributed by atoms with E-state index in [9.17, 15) is 4.79 Å². The van der Waals surface area contributed by atoms with Crippen molar-refractivity contribution in [3.05, 3.63) is 34.1 Å². The molecule has 1 aliphatic heterocycles. The molecule has 0 spiro atoms. The summed E-state index contributed by atoms with van der Waals surface area (Å²) in [4.78, 5) is 21.3. The number of piperazine rings is 1. The Morgan fingerprint density at radius 2 is 1.82 bits per heavy atom. The van der Waals surface area contributed by atoms with Crippen LogP contribution in [0.15, 0.2) is 24.3 Å². The normalized spacial score (nSPS) is 18.7. The van der Waals surface area contributed by atoms with Gasteiger partial charge in [0, 0.05) is 43.2 Å². The summed E-state index contributed by atoms with van der Waals surface area (Å²) in [7, 11) is 0. The van der Waals surface area contributed by atoms with Crippen molar-refractivity contribution in [1.82, 2.24) is 24.6 Å². The molecule has 1 saturated heterocycles. The zero-order valence-electron chi connectivity index (χ0n) is 15.9. The number of carbonyl (C=O) groups excluding carboxylic acids is 1. The maximum atomic E-state index is 12.5. The minimum absolute atomic E-state index is 0.328. The molecule has 2 aliphatic rings. The third kappa shape index (κ3) is 4.64. The molecular weight excluding hydrogens is 394 g/mol. The van der Waals surface area contributed by atoms with Crippen LogP contribution in [0.3, 0.4) is 0 Å². The van der Waals surface area contributed by atoms with Crippen LogP contribution in [0.4, 0.5) is 0 Å². The number of halogens is 1. The molecule has 1 amide bonds. The molecule has 0 radical (unpaired) electrons. The summed E-state index contributed by atoms with van der Waals surface area (Å²) in [6.45, 7) is 3.94. The standard InChI is InChI=1S/C20H26ClN5OS/c21-17-7-5-16(6-8-17)19-22-20(28)26(23-19)14-24-9-11-25(12-10-24)18(27)13-15-3-1-2-4-15/h5-8,15H,1-4,9-14H2,(H,22,23,28). The van der Waals surface area contributed by atoms with E-state index in [1.54, 1.807) is 0 Å². The summed E-state index contributed by atoms with van der Waals surface area (Å²) in [6, 6.07) is 7.53. The monoisotopic (exact) mass is 419 g/mol. The highest BCUT2D eigenvalue weighted by Gasteiger charge is 2.25. The van der Waals surface area contributed by atoms with Crippen LogP contribution in [0.2, 0.25) is 5.02 Å². The first-order valence-electron chi connectivity index (χ1n) is 10.0. The van der Waals surface area contributed by atoms with E-state index in [0.29, 0.717) is 28.3 Å². The van der Waals surface area contributed by atoms with Gasteiger partial charge in [0.25, 0.3) is 0 Å². The fraction of sp³-hybridized carbons (Fsp3) is 0.550. The van der Waals surface area contributed by atoms with Gasteiger partial charge in [-0.2, -0.15) is 4.98 Å². The van der Waals surface area contributed by atoms with Gasteiger partial charge >= 0.3 is 0 Å². The average Bonchev–Trinajstić information content (AvgIpc) is 3.33. The largest absolute Gasteiger partial charge is 0.340 e. The Morgan fingerprint density at radius 1 is 1.14 bits per heavy atom. The van der Waals surface area contributed by atoms with Gasteiger partial charge in [-0.1, -0.05) is 24.4 Å². The van der Waals surface area contributed by atoms with E-state index in [1.807, 2.05) is 33.8 Å². The number of amides is 1. The lowest BCUT2D eigenvalue weighted by molar-refractivity contribution is -0.134. The second-order valence-electron chi connectivity index (χ2n) is 7.78. The molecule has 8 heteroatoms. The highest BCUT2D eigenvalue weighted by molar-refractivity contribution is 7.71. The Balaban J connectivity index is 1.31. The second-order valence-corrected chi connectivity index (χ2v) is 8.59. The van der Waals surface area contributed by atoms with Crippen molar-refractivity contribution in [1.29, 1.82) is 0 Å². The number of nitrogens with one attached hydrogen (secondary N) is 1. The van der Waals surface area contributed by atoms with E-state index in [-0.39, 0.29) is 0 Å². The van der Waals surface area contributed by atoms with E-state index in [1.165, 1.54) is 25.7 Å². The molecule has 2 heterocycles. The minimum Gasteiger partial charge on any atom is -0.340 e. The summed E-state index contributed by atoms with van der Waals surface area (Å²) >= 11 is 11.4. The molecule has 1 aliphatic carbocycles. The van der Waals surface area contributed by atoms with Gasteiger partial charge in [0.05, 0.1) is 6.67 Å². The van der Waals surface area contributed by atoms with Crippen LogP contribution >= 0.6 is 23.8 Å². The molecule has 0 atom stereocenters. The highest BCUT2D eigenvalue weighted by atomic mass is 35.5. The molecule has 2 aromatic rings. The SMILES string of the molecule is O=C(CC1CCCC1)N1CCN(Cn2[nH]c(-c3ccc(Cl)cc3)nc2=S)CC1. The molecule has 28 heavy (non-hydrogen) atoms. The van der Waals surface area contributed by atoms with E-state index < -0.39 is 0 Å². The quantitative estimate of drug-likeness (QED) is 0.745. The topological polar surface area (TPSA) is 57.2 Å². The van der Waals surface area contributed by atoms with Gasteiger partial charge < -0.3 is 4.90 Å². The van der Waals surface area contributed by atoms with Crippen LogP contribution < -0.4 is 0 Å². The number of hydrogen-bond acceptors (Lipinski definition) is 4. The van der Waals surface area contributed by atoms with Gasteiger partial charge in [-0.15, -0.1) is 0 Å². The first-order chi connectivity index (χ1) is 13.6. The van der Waals surface area contributed by atoms with Crippen LogP contribution in [0, 0.1) is 10.7 Å². The van der Waals surface area contributed by atoms with Crippen LogP contribution in [0.25, 0.3) is 11.4 Å². The smallest absolute Gasteiger partial charge is 0.222 e. The molecule has 6 nitrogen and oxygen atoms in total. The van der Waals surface area contributed by atoms with Crippen molar-refractivity contribution in [3.8, 4) is 11.4 Å². The van der Waals surface area contributed by atoms with Crippen LogP contribution in [0.1, 0.15) is 32.1 Å². The number of hydrogen-bond donors (Lipinski definition) is 1. The summed E-state index contributed by atoms with van der Waals surface area (Å²) in [5, 5.41) is 3.98. The van der Waals surface area contributed by atoms with Crippen molar-refractivity contribution < 1.29 is 4.79 Å². The van der Waals surface area contributed by atoms with Crippen molar-refractivity contribution in [3.63, 3.8) is 0 Å². The van der Waals surface area contributed by atoms with E-state index in [4.69, 9.17) is 23.8 Å². The Kier molecular flexibility index (Phi) is 6.13. The number of benzene rings is 1. The van der Waals surface area contributed by atoms with Crippen molar-refractivity contribution in [2.45, 2.75) is 38.8 Å². The Hall–Kier alpha value is -1.70. The van der Waals surface area contributed by atoms with Crippen LogP contribution in [-0.4, -0.2) is 56.7 Å². The van der Waals surface area contributed by atoms with E-state index >= 15 is 0 Å². The number of rotatable bonds is 5. The Bertz CT molecular complexity index is 863. The van der Waals surface area contributed by atoms with Gasteiger partial charge in [0.15, 0.2) is 5.82 Å². The van der Waals surface area contributed by atoms with Gasteiger partial charge in [-0.05, 0) is 55.2 Å². The van der Waals surface area contributed by atoms with Crippen molar-refractivity contribution >= 4 is 29.7 Å². The third-order valence-electron chi connectivity index (χ3n) is 5.80. The molecule has 0 unspecified atom stereocenters.